The molecule has 0 atom stereocenters. The Morgan fingerprint density at radius 1 is 1.28 bits per heavy atom. The Labute approximate surface area is 103 Å². The fourth-order valence-corrected chi connectivity index (χ4v) is 1.72. The van der Waals surface area contributed by atoms with Crippen molar-refractivity contribution in [1.29, 1.82) is 0 Å². The second kappa shape index (κ2) is 4.68. The van der Waals surface area contributed by atoms with Crippen LogP contribution in [0, 0.1) is 11.6 Å². The highest BCUT2D eigenvalue weighted by molar-refractivity contribution is 6.08. The van der Waals surface area contributed by atoms with Gasteiger partial charge in [0, 0.05) is 18.3 Å². The molecule has 0 unspecified atom stereocenters. The van der Waals surface area contributed by atoms with Crippen molar-refractivity contribution in [2.75, 3.05) is 0 Å². The lowest BCUT2D eigenvalue weighted by atomic mass is 10.1. The molecule has 0 saturated heterocycles. The molecular formula is C13H12F2N2O. The highest BCUT2D eigenvalue weighted by Gasteiger charge is 2.19. The van der Waals surface area contributed by atoms with E-state index in [9.17, 15) is 13.6 Å². The van der Waals surface area contributed by atoms with E-state index in [1.807, 2.05) is 13.8 Å². The Morgan fingerprint density at radius 3 is 2.61 bits per heavy atom. The van der Waals surface area contributed by atoms with E-state index in [0.29, 0.717) is 6.07 Å². The summed E-state index contributed by atoms with van der Waals surface area (Å²) in [6, 6.07) is 4.41. The fraction of sp³-hybridized carbons (Fsp3) is 0.231. The van der Waals surface area contributed by atoms with Crippen LogP contribution in [0.2, 0.25) is 0 Å². The third-order valence-electron chi connectivity index (χ3n) is 2.57. The smallest absolute Gasteiger partial charge is 0.213 e. The minimum Gasteiger partial charge on any atom is -0.287 e. The molecule has 0 fully saturated rings. The first kappa shape index (κ1) is 12.4. The molecule has 0 amide bonds. The standard InChI is InChI=1S/C13H12F2N2O/c1-8(2)17-12(5-6-16-17)13(18)10-4-3-9(14)7-11(10)15/h3-8H,1-2H3. The molecule has 1 aromatic carbocycles. The van der Waals surface area contributed by atoms with E-state index in [-0.39, 0.29) is 17.3 Å². The van der Waals surface area contributed by atoms with Gasteiger partial charge in [-0.1, -0.05) is 0 Å². The van der Waals surface area contributed by atoms with Gasteiger partial charge in [-0.05, 0) is 32.0 Å². The number of aromatic nitrogens is 2. The van der Waals surface area contributed by atoms with E-state index in [2.05, 4.69) is 5.10 Å². The van der Waals surface area contributed by atoms with Gasteiger partial charge in [-0.25, -0.2) is 8.78 Å². The largest absolute Gasteiger partial charge is 0.287 e. The Hall–Kier alpha value is -2.04. The second-order valence-corrected chi connectivity index (χ2v) is 4.21. The lowest BCUT2D eigenvalue weighted by molar-refractivity contribution is 0.102. The van der Waals surface area contributed by atoms with Gasteiger partial charge in [0.05, 0.1) is 5.56 Å². The zero-order chi connectivity index (χ0) is 13.3. The van der Waals surface area contributed by atoms with Crippen LogP contribution in [0.15, 0.2) is 30.5 Å². The van der Waals surface area contributed by atoms with Gasteiger partial charge in [0.1, 0.15) is 17.3 Å². The SMILES string of the molecule is CC(C)n1nccc1C(=O)c1ccc(F)cc1F. The summed E-state index contributed by atoms with van der Waals surface area (Å²) in [5.41, 5.74) is 0.134. The van der Waals surface area contributed by atoms with Crippen LogP contribution in [0.5, 0.6) is 0 Å². The average molecular weight is 250 g/mol. The van der Waals surface area contributed by atoms with Crippen molar-refractivity contribution in [3.05, 3.63) is 53.4 Å². The van der Waals surface area contributed by atoms with E-state index >= 15 is 0 Å². The first-order valence-electron chi connectivity index (χ1n) is 5.54. The maximum Gasteiger partial charge on any atom is 0.213 e. The molecule has 0 saturated carbocycles. The molecule has 5 heteroatoms. The summed E-state index contributed by atoms with van der Waals surface area (Å²) in [5, 5.41) is 4.01. The normalized spacial score (nSPS) is 10.9. The number of ketones is 1. The van der Waals surface area contributed by atoms with Gasteiger partial charge in [0.2, 0.25) is 5.78 Å². The van der Waals surface area contributed by atoms with Crippen LogP contribution in [0.3, 0.4) is 0 Å². The van der Waals surface area contributed by atoms with Crippen LogP contribution in [-0.4, -0.2) is 15.6 Å². The van der Waals surface area contributed by atoms with Gasteiger partial charge >= 0.3 is 0 Å². The number of hydrogen-bond donors (Lipinski definition) is 0. The Kier molecular flexibility index (Phi) is 3.23. The molecule has 0 N–H and O–H groups in total. The van der Waals surface area contributed by atoms with Crippen molar-refractivity contribution in [3.63, 3.8) is 0 Å². The van der Waals surface area contributed by atoms with Crippen molar-refractivity contribution in [3.8, 4) is 0 Å². The third kappa shape index (κ3) is 2.16. The van der Waals surface area contributed by atoms with Crippen molar-refractivity contribution >= 4 is 5.78 Å². The average Bonchev–Trinajstić information content (AvgIpc) is 2.77. The number of nitrogens with zero attached hydrogens (tertiary/aromatic N) is 2. The molecule has 3 nitrogen and oxygen atoms in total. The zero-order valence-corrected chi connectivity index (χ0v) is 10.0. The summed E-state index contributed by atoms with van der Waals surface area (Å²) in [6.07, 6.45) is 1.48. The molecule has 94 valence electrons. The zero-order valence-electron chi connectivity index (χ0n) is 10.0. The fourth-order valence-electron chi connectivity index (χ4n) is 1.72. The van der Waals surface area contributed by atoms with Gasteiger partial charge < -0.3 is 0 Å². The van der Waals surface area contributed by atoms with Crippen molar-refractivity contribution < 1.29 is 13.6 Å². The number of carbonyl (C=O) groups excluding carboxylic acids is 1. The monoisotopic (exact) mass is 250 g/mol. The van der Waals surface area contributed by atoms with Crippen molar-refractivity contribution in [2.24, 2.45) is 0 Å². The molecule has 0 aliphatic carbocycles. The lowest BCUT2D eigenvalue weighted by Gasteiger charge is -2.10. The first-order valence-corrected chi connectivity index (χ1v) is 5.54. The summed E-state index contributed by atoms with van der Waals surface area (Å²) in [5.74, 6) is -2.07. The van der Waals surface area contributed by atoms with Crippen LogP contribution in [0.25, 0.3) is 0 Å². The summed E-state index contributed by atoms with van der Waals surface area (Å²) in [6.45, 7) is 3.73. The molecule has 0 aliphatic rings. The van der Waals surface area contributed by atoms with Crippen molar-refractivity contribution in [1.82, 2.24) is 9.78 Å². The second-order valence-electron chi connectivity index (χ2n) is 4.21. The van der Waals surface area contributed by atoms with E-state index in [1.54, 1.807) is 0 Å². The maximum absolute atomic E-state index is 13.5. The number of benzene rings is 1. The van der Waals surface area contributed by atoms with Gasteiger partial charge in [-0.15, -0.1) is 0 Å². The number of carbonyl (C=O) groups is 1. The molecule has 18 heavy (non-hydrogen) atoms. The number of hydrogen-bond acceptors (Lipinski definition) is 2. The molecule has 1 heterocycles. The van der Waals surface area contributed by atoms with E-state index in [1.165, 1.54) is 16.9 Å². The van der Waals surface area contributed by atoms with Crippen molar-refractivity contribution in [2.45, 2.75) is 19.9 Å². The quantitative estimate of drug-likeness (QED) is 0.785. The molecule has 0 radical (unpaired) electrons. The van der Waals surface area contributed by atoms with Crippen LogP contribution in [-0.2, 0) is 0 Å². The molecule has 2 aromatic rings. The molecular weight excluding hydrogens is 238 g/mol. The molecule has 0 bridgehead atoms. The van der Waals surface area contributed by atoms with Gasteiger partial charge in [-0.3, -0.25) is 9.48 Å². The summed E-state index contributed by atoms with van der Waals surface area (Å²) < 4.78 is 27.8. The Bertz CT molecular complexity index is 590. The highest BCUT2D eigenvalue weighted by atomic mass is 19.1. The summed E-state index contributed by atoms with van der Waals surface area (Å²) in [4.78, 5) is 12.1. The minimum atomic E-state index is -0.864. The minimum absolute atomic E-state index is 0.0116. The predicted molar refractivity (Wildman–Crippen MR) is 62.4 cm³/mol. The maximum atomic E-state index is 13.5. The third-order valence-corrected chi connectivity index (χ3v) is 2.57. The predicted octanol–water partition coefficient (Wildman–Crippen LogP) is 2.97. The Balaban J connectivity index is 2.45. The number of rotatable bonds is 3. The topological polar surface area (TPSA) is 34.9 Å². The van der Waals surface area contributed by atoms with E-state index in [0.717, 1.165) is 12.1 Å². The van der Waals surface area contributed by atoms with Gasteiger partial charge in [-0.2, -0.15) is 5.10 Å². The van der Waals surface area contributed by atoms with Crippen LogP contribution < -0.4 is 0 Å². The molecule has 0 aliphatic heterocycles. The van der Waals surface area contributed by atoms with E-state index < -0.39 is 17.4 Å². The van der Waals surface area contributed by atoms with E-state index in [4.69, 9.17) is 0 Å². The van der Waals surface area contributed by atoms with Gasteiger partial charge in [0.25, 0.3) is 0 Å². The summed E-state index contributed by atoms with van der Waals surface area (Å²) >= 11 is 0. The highest BCUT2D eigenvalue weighted by Crippen LogP contribution is 2.17. The number of halogens is 2. The Morgan fingerprint density at radius 2 is 2.00 bits per heavy atom. The summed E-state index contributed by atoms with van der Waals surface area (Å²) in [7, 11) is 0. The van der Waals surface area contributed by atoms with Gasteiger partial charge in [0.15, 0.2) is 0 Å². The molecule has 2 rings (SSSR count). The first-order chi connectivity index (χ1) is 8.50. The van der Waals surface area contributed by atoms with Crippen LogP contribution in [0.4, 0.5) is 8.78 Å². The molecule has 1 aromatic heterocycles. The molecule has 0 spiro atoms. The lowest BCUT2D eigenvalue weighted by Crippen LogP contribution is -2.14. The van der Waals surface area contributed by atoms with Crippen LogP contribution in [0.1, 0.15) is 35.9 Å². The van der Waals surface area contributed by atoms with Crippen LogP contribution >= 0.6 is 0 Å².